The molecule has 6 heteroatoms. The second kappa shape index (κ2) is 11.3. The number of amides is 1. The van der Waals surface area contributed by atoms with Crippen LogP contribution < -0.4 is 15.8 Å². The Morgan fingerprint density at radius 1 is 0.970 bits per heavy atom. The highest BCUT2D eigenvalue weighted by Gasteiger charge is 2.12. The lowest BCUT2D eigenvalue weighted by molar-refractivity contribution is 0.102. The molecule has 4 aromatic rings. The van der Waals surface area contributed by atoms with E-state index in [1.54, 1.807) is 0 Å². The molecule has 0 aliphatic carbocycles. The molecule has 0 unspecified atom stereocenters. The van der Waals surface area contributed by atoms with Gasteiger partial charge >= 0.3 is 0 Å². The molecule has 1 amide bonds. The quantitative estimate of drug-likeness (QED) is 0.306. The van der Waals surface area contributed by atoms with Crippen LogP contribution >= 0.6 is 12.4 Å². The van der Waals surface area contributed by atoms with Crippen molar-refractivity contribution in [2.45, 2.75) is 26.2 Å². The fourth-order valence-electron chi connectivity index (χ4n) is 3.75. The van der Waals surface area contributed by atoms with Crippen molar-refractivity contribution >= 4 is 40.6 Å². The second-order valence-electron chi connectivity index (χ2n) is 7.81. The van der Waals surface area contributed by atoms with Gasteiger partial charge in [-0.2, -0.15) is 0 Å². The van der Waals surface area contributed by atoms with E-state index in [1.807, 2.05) is 85.8 Å². The Morgan fingerprint density at radius 3 is 2.55 bits per heavy atom. The number of carbonyl (C=O) groups is 1. The number of benzene rings is 3. The van der Waals surface area contributed by atoms with Crippen LogP contribution in [0.2, 0.25) is 0 Å². The van der Waals surface area contributed by atoms with Crippen LogP contribution in [0.4, 0.5) is 11.4 Å². The van der Waals surface area contributed by atoms with Crippen LogP contribution in [0.15, 0.2) is 78.9 Å². The lowest BCUT2D eigenvalue weighted by Gasteiger charge is -2.12. The average molecular weight is 462 g/mol. The van der Waals surface area contributed by atoms with E-state index in [4.69, 9.17) is 10.5 Å². The number of anilines is 2. The molecule has 170 valence electrons. The van der Waals surface area contributed by atoms with Crippen molar-refractivity contribution < 1.29 is 9.53 Å². The van der Waals surface area contributed by atoms with Crippen molar-refractivity contribution in [3.63, 3.8) is 0 Å². The van der Waals surface area contributed by atoms with Crippen molar-refractivity contribution in [2.75, 3.05) is 17.7 Å². The molecule has 0 aliphatic rings. The summed E-state index contributed by atoms with van der Waals surface area (Å²) in [6.07, 6.45) is 2.67. The topological polar surface area (TPSA) is 77.2 Å². The summed E-state index contributed by atoms with van der Waals surface area (Å²) < 4.78 is 5.76. The minimum absolute atomic E-state index is 0. The number of para-hydroxylation sites is 1. The molecule has 0 aliphatic heterocycles. The molecule has 0 atom stereocenters. The lowest BCUT2D eigenvalue weighted by atomic mass is 10.0. The minimum Gasteiger partial charge on any atom is -0.494 e. The van der Waals surface area contributed by atoms with E-state index in [1.165, 1.54) is 0 Å². The fraction of sp³-hybridized carbons (Fsp3) is 0.185. The lowest BCUT2D eigenvalue weighted by Crippen LogP contribution is -2.14. The molecular formula is C27H28ClN3O2. The highest BCUT2D eigenvalue weighted by Crippen LogP contribution is 2.25. The molecule has 33 heavy (non-hydrogen) atoms. The third-order valence-corrected chi connectivity index (χ3v) is 5.34. The normalized spacial score (nSPS) is 10.5. The van der Waals surface area contributed by atoms with E-state index < -0.39 is 0 Å². The molecule has 0 saturated carbocycles. The van der Waals surface area contributed by atoms with Crippen molar-refractivity contribution in [1.29, 1.82) is 0 Å². The zero-order valence-electron chi connectivity index (χ0n) is 18.6. The number of aromatic nitrogens is 1. The van der Waals surface area contributed by atoms with Crippen molar-refractivity contribution in [3.8, 4) is 5.75 Å². The van der Waals surface area contributed by atoms with E-state index >= 15 is 0 Å². The van der Waals surface area contributed by atoms with Gasteiger partial charge in [0.1, 0.15) is 5.75 Å². The number of fused-ring (bicyclic) bond motifs is 1. The maximum absolute atomic E-state index is 13.0. The second-order valence-corrected chi connectivity index (χ2v) is 7.81. The molecule has 5 nitrogen and oxygen atoms in total. The first-order chi connectivity index (χ1) is 15.6. The van der Waals surface area contributed by atoms with Crippen LogP contribution in [-0.4, -0.2) is 17.5 Å². The maximum atomic E-state index is 13.0. The third-order valence-electron chi connectivity index (χ3n) is 5.34. The number of nitrogens with one attached hydrogen (secondary N) is 1. The molecular weight excluding hydrogens is 434 g/mol. The number of ether oxygens (including phenoxy) is 1. The van der Waals surface area contributed by atoms with Gasteiger partial charge in [0.15, 0.2) is 0 Å². The smallest absolute Gasteiger partial charge is 0.255 e. The molecule has 0 spiro atoms. The van der Waals surface area contributed by atoms with Gasteiger partial charge in [0, 0.05) is 28.0 Å². The Hall–Kier alpha value is -3.57. The number of pyridine rings is 1. The number of hydrogen-bond donors (Lipinski definition) is 2. The molecule has 3 N–H and O–H groups in total. The zero-order chi connectivity index (χ0) is 22.3. The SMILES string of the molecule is Cc1cc(N)c2cc(NC(=O)c3ccccc3CCCCOc3ccccc3)ccc2n1.Cl. The van der Waals surface area contributed by atoms with Gasteiger partial charge in [0.05, 0.1) is 12.1 Å². The molecule has 3 aromatic carbocycles. The van der Waals surface area contributed by atoms with Gasteiger partial charge in [0.25, 0.3) is 5.91 Å². The summed E-state index contributed by atoms with van der Waals surface area (Å²) in [4.78, 5) is 17.5. The standard InChI is InChI=1S/C27H27N3O2.ClH/c1-19-17-25(28)24-18-21(14-15-26(24)29-19)30-27(31)23-13-6-5-9-20(23)10-7-8-16-32-22-11-3-2-4-12-22;/h2-6,9,11-15,17-18H,7-8,10,16H2,1H3,(H2,28,29)(H,30,31);1H. The summed E-state index contributed by atoms with van der Waals surface area (Å²) in [5.74, 6) is 0.757. The maximum Gasteiger partial charge on any atom is 0.255 e. The number of hydrogen-bond acceptors (Lipinski definition) is 4. The Kier molecular flexibility index (Phi) is 8.28. The summed E-state index contributed by atoms with van der Waals surface area (Å²) >= 11 is 0. The first kappa shape index (κ1) is 24.1. The van der Waals surface area contributed by atoms with Gasteiger partial charge in [-0.1, -0.05) is 36.4 Å². The Morgan fingerprint density at radius 2 is 1.73 bits per heavy atom. The van der Waals surface area contributed by atoms with E-state index in [0.717, 1.165) is 47.2 Å². The predicted molar refractivity (Wildman–Crippen MR) is 137 cm³/mol. The van der Waals surface area contributed by atoms with Gasteiger partial charge in [0.2, 0.25) is 0 Å². The zero-order valence-corrected chi connectivity index (χ0v) is 19.4. The first-order valence-electron chi connectivity index (χ1n) is 10.8. The highest BCUT2D eigenvalue weighted by molar-refractivity contribution is 6.06. The van der Waals surface area contributed by atoms with E-state index in [-0.39, 0.29) is 18.3 Å². The van der Waals surface area contributed by atoms with Crippen LogP contribution in [0.3, 0.4) is 0 Å². The summed E-state index contributed by atoms with van der Waals surface area (Å²) in [5.41, 5.74) is 10.9. The van der Waals surface area contributed by atoms with Crippen LogP contribution in [0.1, 0.15) is 34.5 Å². The van der Waals surface area contributed by atoms with Gasteiger partial charge < -0.3 is 15.8 Å². The number of carbonyl (C=O) groups excluding carboxylic acids is 1. The molecule has 0 fully saturated rings. The Balaban J connectivity index is 0.00000306. The number of nitrogen functional groups attached to an aromatic ring is 1. The highest BCUT2D eigenvalue weighted by atomic mass is 35.5. The summed E-state index contributed by atoms with van der Waals surface area (Å²) in [6, 6.07) is 25.0. The molecule has 4 rings (SSSR count). The predicted octanol–water partition coefficient (Wildman–Crippen LogP) is 6.20. The molecule has 1 aromatic heterocycles. The van der Waals surface area contributed by atoms with Gasteiger partial charge in [-0.15, -0.1) is 12.4 Å². The number of unbranched alkanes of at least 4 members (excludes halogenated alkanes) is 1. The number of aryl methyl sites for hydroxylation is 2. The van der Waals surface area contributed by atoms with Crippen LogP contribution in [-0.2, 0) is 6.42 Å². The summed E-state index contributed by atoms with van der Waals surface area (Å²) in [5, 5.41) is 3.84. The van der Waals surface area contributed by atoms with Crippen molar-refractivity contribution in [1.82, 2.24) is 4.98 Å². The third kappa shape index (κ3) is 6.24. The number of halogens is 1. The largest absolute Gasteiger partial charge is 0.494 e. The van der Waals surface area contributed by atoms with E-state index in [9.17, 15) is 4.79 Å². The Bertz CT molecular complexity index is 1230. The molecule has 0 radical (unpaired) electrons. The fourth-order valence-corrected chi connectivity index (χ4v) is 3.75. The number of nitrogens with zero attached hydrogens (tertiary/aromatic N) is 1. The van der Waals surface area contributed by atoms with Crippen molar-refractivity contribution in [2.24, 2.45) is 0 Å². The monoisotopic (exact) mass is 461 g/mol. The number of rotatable bonds is 8. The van der Waals surface area contributed by atoms with Crippen molar-refractivity contribution in [3.05, 3.63) is 95.7 Å². The van der Waals surface area contributed by atoms with Gasteiger partial charge in [-0.3, -0.25) is 9.78 Å². The summed E-state index contributed by atoms with van der Waals surface area (Å²) in [7, 11) is 0. The minimum atomic E-state index is -0.126. The summed E-state index contributed by atoms with van der Waals surface area (Å²) in [6.45, 7) is 2.57. The average Bonchev–Trinajstić information content (AvgIpc) is 2.80. The van der Waals surface area contributed by atoms with E-state index in [2.05, 4.69) is 10.3 Å². The first-order valence-corrected chi connectivity index (χ1v) is 10.8. The van der Waals surface area contributed by atoms with Crippen LogP contribution in [0.5, 0.6) is 5.75 Å². The van der Waals surface area contributed by atoms with Crippen LogP contribution in [0, 0.1) is 6.92 Å². The Labute approximate surface area is 200 Å². The van der Waals surface area contributed by atoms with Gasteiger partial charge in [-0.05, 0) is 74.2 Å². The van der Waals surface area contributed by atoms with Crippen LogP contribution in [0.25, 0.3) is 10.9 Å². The molecule has 1 heterocycles. The number of nitrogens with two attached hydrogens (primary N) is 1. The van der Waals surface area contributed by atoms with E-state index in [0.29, 0.717) is 23.5 Å². The molecule has 0 saturated heterocycles. The van der Waals surface area contributed by atoms with Gasteiger partial charge in [-0.25, -0.2) is 0 Å². The molecule has 0 bridgehead atoms.